The SMILES string of the molecule is CCOc1ccc2[nH]nc(-c3cc(N4CCNC(O)C4)ncn3)c2c1. The molecule has 1 atom stereocenters. The first-order valence-electron chi connectivity index (χ1n) is 8.34. The highest BCUT2D eigenvalue weighted by Gasteiger charge is 2.19. The lowest BCUT2D eigenvalue weighted by Crippen LogP contribution is -2.50. The zero-order valence-electron chi connectivity index (χ0n) is 13.9. The Morgan fingerprint density at radius 3 is 3.08 bits per heavy atom. The van der Waals surface area contributed by atoms with Crippen LogP contribution >= 0.6 is 0 Å². The Labute approximate surface area is 144 Å². The summed E-state index contributed by atoms with van der Waals surface area (Å²) in [6, 6.07) is 7.74. The minimum absolute atomic E-state index is 0.492. The van der Waals surface area contributed by atoms with Gasteiger partial charge in [-0.25, -0.2) is 9.97 Å². The Morgan fingerprint density at radius 2 is 2.24 bits per heavy atom. The van der Waals surface area contributed by atoms with Crippen LogP contribution in [0, 0.1) is 0 Å². The number of aromatic amines is 1. The molecule has 4 rings (SSSR count). The van der Waals surface area contributed by atoms with E-state index in [-0.39, 0.29) is 0 Å². The lowest BCUT2D eigenvalue weighted by Gasteiger charge is -2.31. The fourth-order valence-corrected chi connectivity index (χ4v) is 3.03. The van der Waals surface area contributed by atoms with Crippen LogP contribution in [0.3, 0.4) is 0 Å². The zero-order valence-corrected chi connectivity index (χ0v) is 13.9. The summed E-state index contributed by atoms with van der Waals surface area (Å²) in [7, 11) is 0. The maximum Gasteiger partial charge on any atom is 0.132 e. The van der Waals surface area contributed by atoms with Crippen LogP contribution in [0.4, 0.5) is 5.82 Å². The number of fused-ring (bicyclic) bond motifs is 1. The summed E-state index contributed by atoms with van der Waals surface area (Å²) in [4.78, 5) is 10.8. The smallest absolute Gasteiger partial charge is 0.132 e. The first kappa shape index (κ1) is 15.8. The number of H-pyrrole nitrogens is 1. The molecule has 3 N–H and O–H groups in total. The predicted octanol–water partition coefficient (Wildman–Crippen LogP) is 1.15. The van der Waals surface area contributed by atoms with Crippen molar-refractivity contribution in [2.45, 2.75) is 13.2 Å². The molecular weight excluding hydrogens is 320 g/mol. The molecule has 3 aromatic rings. The number of nitrogens with one attached hydrogen (secondary N) is 2. The number of rotatable bonds is 4. The van der Waals surface area contributed by atoms with Crippen LogP contribution in [0.15, 0.2) is 30.6 Å². The topological polar surface area (TPSA) is 99.2 Å². The van der Waals surface area contributed by atoms with Crippen LogP contribution in [0.1, 0.15) is 6.92 Å². The quantitative estimate of drug-likeness (QED) is 0.655. The predicted molar refractivity (Wildman–Crippen MR) is 94.5 cm³/mol. The summed E-state index contributed by atoms with van der Waals surface area (Å²) in [6.45, 7) is 4.56. The zero-order chi connectivity index (χ0) is 17.2. The molecule has 0 amide bonds. The lowest BCUT2D eigenvalue weighted by atomic mass is 10.1. The minimum Gasteiger partial charge on any atom is -0.494 e. The molecule has 8 heteroatoms. The number of nitrogens with zero attached hydrogens (tertiary/aromatic N) is 4. The van der Waals surface area contributed by atoms with E-state index < -0.39 is 6.23 Å². The molecule has 1 saturated heterocycles. The second-order valence-corrected chi connectivity index (χ2v) is 5.89. The Kier molecular flexibility index (Phi) is 4.21. The number of piperazine rings is 1. The van der Waals surface area contributed by atoms with Crippen molar-refractivity contribution < 1.29 is 9.84 Å². The van der Waals surface area contributed by atoms with E-state index in [0.717, 1.165) is 40.4 Å². The molecule has 1 aromatic carbocycles. The largest absolute Gasteiger partial charge is 0.494 e. The maximum atomic E-state index is 9.79. The van der Waals surface area contributed by atoms with Gasteiger partial charge in [-0.3, -0.25) is 10.4 Å². The van der Waals surface area contributed by atoms with E-state index in [1.807, 2.05) is 36.1 Å². The van der Waals surface area contributed by atoms with Gasteiger partial charge in [0.15, 0.2) is 0 Å². The monoisotopic (exact) mass is 340 g/mol. The van der Waals surface area contributed by atoms with E-state index in [4.69, 9.17) is 4.74 Å². The molecule has 1 aliphatic heterocycles. The summed E-state index contributed by atoms with van der Waals surface area (Å²) in [5, 5.41) is 21.2. The summed E-state index contributed by atoms with van der Waals surface area (Å²) in [6.07, 6.45) is 0.985. The van der Waals surface area contributed by atoms with Gasteiger partial charge in [0.1, 0.15) is 29.8 Å². The van der Waals surface area contributed by atoms with Crippen molar-refractivity contribution in [2.75, 3.05) is 31.1 Å². The number of hydrogen-bond donors (Lipinski definition) is 3. The third-order valence-electron chi connectivity index (χ3n) is 4.22. The van der Waals surface area contributed by atoms with Gasteiger partial charge < -0.3 is 14.7 Å². The second-order valence-electron chi connectivity index (χ2n) is 5.89. The van der Waals surface area contributed by atoms with E-state index in [1.165, 1.54) is 6.33 Å². The van der Waals surface area contributed by atoms with Crippen molar-refractivity contribution in [1.82, 2.24) is 25.5 Å². The second kappa shape index (κ2) is 6.66. The Bertz CT molecular complexity index is 880. The molecule has 0 spiro atoms. The molecule has 1 aliphatic rings. The molecule has 0 saturated carbocycles. The lowest BCUT2D eigenvalue weighted by molar-refractivity contribution is 0.131. The van der Waals surface area contributed by atoms with Crippen LogP contribution in [0.2, 0.25) is 0 Å². The molecule has 8 nitrogen and oxygen atoms in total. The number of anilines is 1. The number of aliphatic hydroxyl groups is 1. The normalized spacial score (nSPS) is 17.8. The van der Waals surface area contributed by atoms with Gasteiger partial charge in [0, 0.05) is 24.5 Å². The van der Waals surface area contributed by atoms with Gasteiger partial charge >= 0.3 is 0 Å². The standard InChI is InChI=1S/C17H20N6O2/c1-2-25-11-3-4-13-12(7-11)17(22-21-13)14-8-15(20-10-19-14)23-6-5-18-16(24)9-23/h3-4,7-8,10,16,18,24H,2,5-6,9H2,1H3,(H,21,22). The summed E-state index contributed by atoms with van der Waals surface area (Å²) >= 11 is 0. The first-order chi connectivity index (χ1) is 12.2. The number of ether oxygens (including phenoxy) is 1. The third-order valence-corrected chi connectivity index (χ3v) is 4.22. The number of hydrogen-bond acceptors (Lipinski definition) is 7. The molecule has 130 valence electrons. The van der Waals surface area contributed by atoms with Gasteiger partial charge in [-0.15, -0.1) is 0 Å². The van der Waals surface area contributed by atoms with E-state index in [1.54, 1.807) is 0 Å². The van der Waals surface area contributed by atoms with E-state index in [2.05, 4.69) is 25.5 Å². The summed E-state index contributed by atoms with van der Waals surface area (Å²) in [5.41, 5.74) is 2.42. The van der Waals surface area contributed by atoms with Crippen LogP contribution in [-0.2, 0) is 0 Å². The highest BCUT2D eigenvalue weighted by molar-refractivity contribution is 5.93. The molecule has 1 fully saturated rings. The molecule has 0 bridgehead atoms. The number of β-amino-alcohol motifs (C(OH)–C–C–N with tert-alkyl or cyclic N) is 1. The first-order valence-corrected chi connectivity index (χ1v) is 8.34. The van der Waals surface area contributed by atoms with Gasteiger partial charge in [-0.1, -0.05) is 0 Å². The number of benzene rings is 1. The molecule has 0 radical (unpaired) electrons. The molecule has 2 aromatic heterocycles. The number of aliphatic hydroxyl groups excluding tert-OH is 1. The Balaban J connectivity index is 1.71. The van der Waals surface area contributed by atoms with Crippen molar-refractivity contribution in [2.24, 2.45) is 0 Å². The van der Waals surface area contributed by atoms with Crippen LogP contribution in [0.25, 0.3) is 22.3 Å². The maximum absolute atomic E-state index is 9.79. The highest BCUT2D eigenvalue weighted by Crippen LogP contribution is 2.29. The van der Waals surface area contributed by atoms with Crippen molar-refractivity contribution in [3.63, 3.8) is 0 Å². The minimum atomic E-state index is -0.549. The fraction of sp³-hybridized carbons (Fsp3) is 0.353. The van der Waals surface area contributed by atoms with Crippen LogP contribution in [-0.4, -0.2) is 57.7 Å². The molecule has 1 unspecified atom stereocenters. The Hall–Kier alpha value is -2.71. The van der Waals surface area contributed by atoms with E-state index >= 15 is 0 Å². The summed E-state index contributed by atoms with van der Waals surface area (Å²) < 4.78 is 5.59. The van der Waals surface area contributed by atoms with Gasteiger partial charge in [-0.05, 0) is 25.1 Å². The van der Waals surface area contributed by atoms with Crippen molar-refractivity contribution in [3.8, 4) is 17.1 Å². The third kappa shape index (κ3) is 3.13. The van der Waals surface area contributed by atoms with Crippen LogP contribution < -0.4 is 15.0 Å². The van der Waals surface area contributed by atoms with E-state index in [0.29, 0.717) is 19.7 Å². The molecule has 25 heavy (non-hydrogen) atoms. The average molecular weight is 340 g/mol. The van der Waals surface area contributed by atoms with Gasteiger partial charge in [0.25, 0.3) is 0 Å². The molecule has 3 heterocycles. The van der Waals surface area contributed by atoms with Crippen molar-refractivity contribution in [3.05, 3.63) is 30.6 Å². The van der Waals surface area contributed by atoms with Crippen LogP contribution in [0.5, 0.6) is 5.75 Å². The highest BCUT2D eigenvalue weighted by atomic mass is 16.5. The van der Waals surface area contributed by atoms with Gasteiger partial charge in [-0.2, -0.15) is 5.10 Å². The van der Waals surface area contributed by atoms with Crippen molar-refractivity contribution in [1.29, 1.82) is 0 Å². The Morgan fingerprint density at radius 1 is 1.32 bits per heavy atom. The van der Waals surface area contributed by atoms with Gasteiger partial charge in [0.05, 0.1) is 24.4 Å². The number of aromatic nitrogens is 4. The molecular formula is C17H20N6O2. The van der Waals surface area contributed by atoms with E-state index in [9.17, 15) is 5.11 Å². The van der Waals surface area contributed by atoms with Gasteiger partial charge in [0.2, 0.25) is 0 Å². The molecule has 0 aliphatic carbocycles. The van der Waals surface area contributed by atoms with Crippen molar-refractivity contribution >= 4 is 16.7 Å². The summed E-state index contributed by atoms with van der Waals surface area (Å²) in [5.74, 6) is 1.58. The average Bonchev–Trinajstić information content (AvgIpc) is 3.05. The fourth-order valence-electron chi connectivity index (χ4n) is 3.03.